The third-order valence-electron chi connectivity index (χ3n) is 28.5. The molecule has 0 aromatic heterocycles. The molecule has 0 radical (unpaired) electrons. The Morgan fingerprint density at radius 3 is 0.846 bits per heavy atom. The number of carbonyl (C=O) groups is 4. The van der Waals surface area contributed by atoms with Gasteiger partial charge in [-0.15, -0.1) is 11.8 Å². The second-order valence-electron chi connectivity index (χ2n) is 40.5. The van der Waals surface area contributed by atoms with Crippen LogP contribution < -0.4 is 0 Å². The van der Waals surface area contributed by atoms with Crippen molar-refractivity contribution < 1.29 is 78.0 Å². The molecule has 14 nitrogen and oxygen atoms in total. The van der Waals surface area contributed by atoms with Crippen molar-refractivity contribution in [3.05, 3.63) is 257 Å². The molecule has 0 amide bonds. The van der Waals surface area contributed by atoms with Gasteiger partial charge in [0.1, 0.15) is 33.5 Å². The summed E-state index contributed by atoms with van der Waals surface area (Å²) in [4.78, 5) is 53.8. The number of phenols is 4. The number of rotatable bonds is 66. The van der Waals surface area contributed by atoms with E-state index in [0.717, 1.165) is 176 Å². The molecule has 794 valence electrons. The maximum absolute atomic E-state index is 16.6. The van der Waals surface area contributed by atoms with E-state index < -0.39 is 63.1 Å². The van der Waals surface area contributed by atoms with Crippen LogP contribution in [0.15, 0.2) is 146 Å². The summed E-state index contributed by atoms with van der Waals surface area (Å²) < 4.78 is 123. The van der Waals surface area contributed by atoms with Crippen LogP contribution in [-0.4, -0.2) is 104 Å². The molecule has 6 atom stereocenters. The molecule has 8 aromatic carbocycles. The van der Waals surface area contributed by atoms with Crippen molar-refractivity contribution >= 4 is 64.4 Å². The fraction of sp³-hybridized carbons (Fsp3) is 0.574. The highest BCUT2D eigenvalue weighted by molar-refractivity contribution is 8.00. The first-order valence-corrected chi connectivity index (χ1v) is 59.9. The van der Waals surface area contributed by atoms with Crippen LogP contribution in [0.5, 0.6) is 23.0 Å². The van der Waals surface area contributed by atoms with E-state index in [0.29, 0.717) is 95.2 Å². The molecule has 2 unspecified atom stereocenters. The van der Waals surface area contributed by atoms with Crippen molar-refractivity contribution in [3.63, 3.8) is 0 Å². The van der Waals surface area contributed by atoms with Gasteiger partial charge in [0, 0.05) is 31.2 Å². The van der Waals surface area contributed by atoms with Crippen molar-refractivity contribution in [1.29, 1.82) is 0 Å². The van der Waals surface area contributed by atoms with Gasteiger partial charge in [-0.2, -0.15) is 0 Å². The number of ketones is 4. The van der Waals surface area contributed by atoms with Crippen molar-refractivity contribution in [1.82, 2.24) is 0 Å². The second-order valence-corrected chi connectivity index (χ2v) is 48.3. The van der Waals surface area contributed by atoms with Gasteiger partial charge in [-0.05, 0) is 247 Å². The Morgan fingerprint density at radius 2 is 0.552 bits per heavy atom. The van der Waals surface area contributed by atoms with Crippen LogP contribution in [0.25, 0.3) is 0 Å². The zero-order chi connectivity index (χ0) is 106. The third kappa shape index (κ3) is 42.8. The molecule has 0 aliphatic heterocycles. The largest absolute Gasteiger partial charge is 0.507 e. The van der Waals surface area contributed by atoms with Gasteiger partial charge in [0.15, 0.2) is 52.6 Å². The van der Waals surface area contributed by atoms with E-state index in [1.54, 1.807) is 145 Å². The number of aromatic hydroxyl groups is 4. The highest BCUT2D eigenvalue weighted by atomic mass is 32.2. The number of hydrogen-bond donors (Lipinski definition) is 4. The van der Waals surface area contributed by atoms with Gasteiger partial charge < -0.3 is 20.4 Å². The predicted molar refractivity (Wildman–Crippen MR) is 592 cm³/mol. The summed E-state index contributed by atoms with van der Waals surface area (Å²) in [6, 6.07) is 42.5. The molecule has 0 saturated carbocycles. The number of unbranched alkanes of at least 4 members (excludes halogenated alkanes) is 34. The molecular weight excluding hydrogens is 1870 g/mol. The Labute approximate surface area is 865 Å². The van der Waals surface area contributed by atoms with E-state index in [4.69, 9.17) is 0 Å². The first kappa shape index (κ1) is 125. The lowest BCUT2D eigenvalue weighted by Crippen LogP contribution is -2.42. The minimum Gasteiger partial charge on any atom is -0.507 e. The molecule has 8 rings (SSSR count). The van der Waals surface area contributed by atoms with Crippen LogP contribution in [-0.2, 0) is 79.4 Å². The van der Waals surface area contributed by atoms with E-state index in [1.165, 1.54) is 121 Å². The summed E-state index contributed by atoms with van der Waals surface area (Å²) in [5, 5.41) is 35.2. The van der Waals surface area contributed by atoms with Gasteiger partial charge in [0.05, 0.1) is 34.9 Å². The molecule has 4 N–H and O–H groups in total. The molecule has 0 heterocycles. The average molecular weight is 2050 g/mol. The second kappa shape index (κ2) is 66.8. The summed E-state index contributed by atoms with van der Waals surface area (Å²) >= 11 is 1.77. The predicted octanol–water partition coefficient (Wildman–Crippen LogP) is 32.1. The monoisotopic (exact) mass is 2050 g/mol. The summed E-state index contributed by atoms with van der Waals surface area (Å²) in [5.41, 5.74) is 14.1. The summed E-state index contributed by atoms with van der Waals surface area (Å²) in [5.74, 6) is 0.145. The van der Waals surface area contributed by atoms with Gasteiger partial charge in [-0.25, -0.2) is 38.4 Å². The molecule has 0 spiro atoms. The Morgan fingerprint density at radius 1 is 0.308 bits per heavy atom. The Balaban J connectivity index is 0.000000336. The molecule has 143 heavy (non-hydrogen) atoms. The van der Waals surface area contributed by atoms with E-state index in [9.17, 15) is 73.6 Å². The fourth-order valence-corrected chi connectivity index (χ4v) is 25.8. The number of halogens is 3. The molecule has 0 aliphatic carbocycles. The zero-order valence-electron chi connectivity index (χ0n) is 89.8. The summed E-state index contributed by atoms with van der Waals surface area (Å²) in [7, 11) is -11.7. The lowest BCUT2D eigenvalue weighted by atomic mass is 9.93. The van der Waals surface area contributed by atoms with Crippen LogP contribution in [0, 0.1) is 83.1 Å². The molecule has 0 fully saturated rings. The summed E-state index contributed by atoms with van der Waals surface area (Å²) in [6.07, 6.45) is 41.3. The van der Waals surface area contributed by atoms with Gasteiger partial charge in [0.25, 0.3) is 5.00 Å². The van der Waals surface area contributed by atoms with E-state index in [2.05, 4.69) is 26.0 Å². The van der Waals surface area contributed by atoms with E-state index >= 15 is 4.39 Å². The van der Waals surface area contributed by atoms with Crippen molar-refractivity contribution in [2.75, 3.05) is 23.0 Å². The van der Waals surface area contributed by atoms with Gasteiger partial charge in [0.2, 0.25) is 0 Å². The maximum atomic E-state index is 16.6. The van der Waals surface area contributed by atoms with Gasteiger partial charge in [-0.1, -0.05) is 378 Å². The fourth-order valence-electron chi connectivity index (χ4n) is 19.0. The lowest BCUT2D eigenvalue weighted by Gasteiger charge is -2.25. The van der Waals surface area contributed by atoms with Crippen LogP contribution >= 0.6 is 11.8 Å². The Bertz CT molecular complexity index is 5470. The van der Waals surface area contributed by atoms with Gasteiger partial charge in [-0.3, -0.25) is 19.2 Å². The molecule has 21 heteroatoms. The van der Waals surface area contributed by atoms with Crippen molar-refractivity contribution in [2.45, 2.75) is 426 Å². The smallest absolute Gasteiger partial charge is 0.293 e. The molecule has 0 bridgehead atoms. The van der Waals surface area contributed by atoms with Crippen LogP contribution in [0.3, 0.4) is 0 Å². The number of phenolic OH excluding ortho intramolecular Hbond substituents is 4. The normalized spacial score (nSPS) is 13.1. The number of benzene rings is 8. The van der Waals surface area contributed by atoms with Crippen LogP contribution in [0.1, 0.15) is 412 Å². The number of aryl methyl sites for hydroxylation is 4. The number of hydrogen-bond acceptors (Lipinski definition) is 15. The Kier molecular flexibility index (Phi) is 58.4. The zero-order valence-corrected chi connectivity index (χ0v) is 93.1. The van der Waals surface area contributed by atoms with Crippen LogP contribution in [0.4, 0.5) is 13.2 Å². The number of alkyl halides is 3. The highest BCUT2D eigenvalue weighted by Crippen LogP contribution is 2.41. The van der Waals surface area contributed by atoms with E-state index in [-0.39, 0.29) is 81.9 Å². The number of Topliss-reactive ketones (excluding diaryl/α,β-unsaturated/α-hetero) is 4. The minimum atomic E-state index is -4.41. The van der Waals surface area contributed by atoms with Crippen molar-refractivity contribution in [2.24, 2.45) is 0 Å². The average Bonchev–Trinajstić information content (AvgIpc) is 0.768. The number of sulfone groups is 3. The lowest BCUT2D eigenvalue weighted by molar-refractivity contribution is -0.125. The maximum Gasteiger partial charge on any atom is 0.293 e. The number of thioether (sulfide) groups is 1. The standard InChI is InChI=1S/C31H45FO4S.C31H45FO2S.C30H43FO4S.C30H44O4S/c1-23-21-28(25(3)26(4)30(23)34)22-29(33)31(27-18-14-12-15-19-27)37(35,36)20-16-11-9-7-5-6-8-10-13-17-24(2)32;1-23-21-28(25(3)26(4)30(23)34)22-29(33)31(27-18-14-12-15-19-27)35-20-16-11-9-7-5-6-8-10-13-17-24(2)32;1-5-6-7-8-9-10-11-12-13-17-20-36(34,35)30(31,27-18-15-14-16-19-27)28(32)22-26-21-23(2)29(33)25(4)24(26)3;1-5-6-7-8-9-10-11-12-13-17-20-35(33,34)30(26-18-15-14-16-19-26)28(31)22-27-21-23(2)29(32)25(4)24(27)3/h12,14-15,18-19,21,24,31,34H,5-11,13,16-17,20,22H2,1-4H3;12,14-15,18-19,21,24,31,34H,5-11,13,16-17,20,22H2,1-4H3;14-16,18-19,21,33H,5-13,17,20,22H2,1-4H3;14-16,18-19,21,30,32H,5-13,17,20,22H2,1-4H3/t2*24?,31-;2*30-/m0000/s1. The van der Waals surface area contributed by atoms with Crippen molar-refractivity contribution in [3.8, 4) is 23.0 Å². The highest BCUT2D eigenvalue weighted by Gasteiger charge is 2.52. The molecular formula is C122H177F3O14S4. The summed E-state index contributed by atoms with van der Waals surface area (Å²) in [6.45, 7) is 29.6. The number of carbonyl (C=O) groups excluding carboxylic acids is 4. The Hall–Kier alpha value is -8.37. The first-order chi connectivity index (χ1) is 68.1. The topological polar surface area (TPSA) is 252 Å². The quantitative estimate of drug-likeness (QED) is 0.0259. The van der Waals surface area contributed by atoms with Gasteiger partial charge >= 0.3 is 0 Å². The molecule has 8 aromatic rings. The first-order valence-electron chi connectivity index (χ1n) is 53.8. The van der Waals surface area contributed by atoms with Crippen LogP contribution in [0.2, 0.25) is 0 Å². The molecule has 0 aliphatic rings. The third-order valence-corrected chi connectivity index (χ3v) is 36.3. The SMILES string of the molecule is CCCCCCCCCCCCS(=O)(=O)[C@H](C(=O)Cc1cc(C)c(O)c(C)c1C)c1ccccc1.CCCCCCCCCCCCS(=O)(=O)[C@](F)(C(=O)Cc1cc(C)c(O)c(C)c1C)c1ccccc1.Cc1cc(CC(=O)[C@@H](SCCCCCCCCCCCC(C)F)c2ccccc2)c(C)c(C)c1O.Cc1cc(CC(=O)[C@H](c2ccccc2)S(=O)(=O)CCCCCCCCCCCC(C)F)c(C)c(C)c1O. The molecule has 0 saturated heterocycles. The minimum absolute atomic E-state index is 0.00761. The van der Waals surface area contributed by atoms with E-state index in [1.807, 2.05) is 84.9 Å².